The average molecular weight is 361 g/mol. The highest BCUT2D eigenvalue weighted by atomic mass is 79.9. The fraction of sp³-hybridized carbons (Fsp3) is 0.231. The van der Waals surface area contributed by atoms with E-state index in [2.05, 4.69) is 36.5 Å². The lowest BCUT2D eigenvalue weighted by Crippen LogP contribution is -2.10. The molecule has 1 aromatic heterocycles. The van der Waals surface area contributed by atoms with Crippen LogP contribution in [-0.2, 0) is 6.18 Å². The topological polar surface area (TPSA) is 49.8 Å². The summed E-state index contributed by atoms with van der Waals surface area (Å²) >= 11 is 3.28. The van der Waals surface area contributed by atoms with Gasteiger partial charge in [0.05, 0.1) is 11.3 Å². The van der Waals surface area contributed by atoms with E-state index in [9.17, 15) is 13.2 Å². The van der Waals surface area contributed by atoms with Gasteiger partial charge in [0.15, 0.2) is 0 Å². The standard InChI is InChI=1S/C13H12BrF3N4/c1-2-18-11-10(14)12(20-7-19-11)21-9-6-4-3-5-8(9)13(15,16)17/h3-7H,2H2,1H3,(H2,18,19,20,21). The lowest BCUT2D eigenvalue weighted by atomic mass is 10.1. The van der Waals surface area contributed by atoms with Crippen molar-refractivity contribution in [1.82, 2.24) is 9.97 Å². The molecule has 0 saturated carbocycles. The summed E-state index contributed by atoms with van der Waals surface area (Å²) in [6.07, 6.45) is -3.16. The second-order valence-electron chi connectivity index (χ2n) is 4.08. The third kappa shape index (κ3) is 3.63. The number of hydrogen-bond acceptors (Lipinski definition) is 4. The van der Waals surface area contributed by atoms with Crippen molar-refractivity contribution >= 4 is 33.3 Å². The Hall–Kier alpha value is -1.83. The molecule has 0 amide bonds. The maximum atomic E-state index is 13.0. The molecule has 0 unspecified atom stereocenters. The van der Waals surface area contributed by atoms with Crippen molar-refractivity contribution in [1.29, 1.82) is 0 Å². The first-order chi connectivity index (χ1) is 9.93. The summed E-state index contributed by atoms with van der Waals surface area (Å²) in [6.45, 7) is 2.52. The van der Waals surface area contributed by atoms with Crippen LogP contribution in [-0.4, -0.2) is 16.5 Å². The Morgan fingerprint density at radius 3 is 2.48 bits per heavy atom. The number of benzene rings is 1. The molecule has 0 aliphatic heterocycles. The van der Waals surface area contributed by atoms with E-state index >= 15 is 0 Å². The number of nitrogens with one attached hydrogen (secondary N) is 2. The van der Waals surface area contributed by atoms with Gasteiger partial charge in [0.25, 0.3) is 0 Å². The maximum Gasteiger partial charge on any atom is 0.418 e. The van der Waals surface area contributed by atoms with Crippen LogP contribution in [0.25, 0.3) is 0 Å². The van der Waals surface area contributed by atoms with Gasteiger partial charge < -0.3 is 10.6 Å². The molecule has 0 radical (unpaired) electrons. The summed E-state index contributed by atoms with van der Waals surface area (Å²) < 4.78 is 39.3. The van der Waals surface area contributed by atoms with E-state index in [4.69, 9.17) is 0 Å². The molecular weight excluding hydrogens is 349 g/mol. The van der Waals surface area contributed by atoms with Crippen LogP contribution in [0.2, 0.25) is 0 Å². The van der Waals surface area contributed by atoms with E-state index in [0.717, 1.165) is 6.07 Å². The van der Waals surface area contributed by atoms with Crippen molar-refractivity contribution < 1.29 is 13.2 Å². The molecule has 0 spiro atoms. The monoisotopic (exact) mass is 360 g/mol. The Bertz CT molecular complexity index is 631. The normalized spacial score (nSPS) is 11.3. The van der Waals surface area contributed by atoms with Gasteiger partial charge in [-0.1, -0.05) is 12.1 Å². The number of rotatable bonds is 4. The molecule has 0 aliphatic carbocycles. The summed E-state index contributed by atoms with van der Waals surface area (Å²) in [7, 11) is 0. The number of nitrogens with zero attached hydrogens (tertiary/aromatic N) is 2. The number of halogens is 4. The largest absolute Gasteiger partial charge is 0.418 e. The lowest BCUT2D eigenvalue weighted by Gasteiger charge is -2.15. The molecule has 2 rings (SSSR count). The number of para-hydroxylation sites is 1. The van der Waals surface area contributed by atoms with E-state index < -0.39 is 11.7 Å². The third-order valence-electron chi connectivity index (χ3n) is 2.62. The van der Waals surface area contributed by atoms with E-state index in [-0.39, 0.29) is 11.5 Å². The van der Waals surface area contributed by atoms with Gasteiger partial charge >= 0.3 is 6.18 Å². The van der Waals surface area contributed by atoms with Crippen molar-refractivity contribution in [3.05, 3.63) is 40.6 Å². The molecule has 0 bridgehead atoms. The Labute approximate surface area is 127 Å². The Morgan fingerprint density at radius 2 is 1.81 bits per heavy atom. The molecule has 0 fully saturated rings. The van der Waals surface area contributed by atoms with E-state index in [1.54, 1.807) is 0 Å². The summed E-state index contributed by atoms with van der Waals surface area (Å²) in [4.78, 5) is 7.97. The fourth-order valence-corrected chi connectivity index (χ4v) is 2.16. The second-order valence-corrected chi connectivity index (χ2v) is 4.88. The lowest BCUT2D eigenvalue weighted by molar-refractivity contribution is -0.136. The molecule has 2 aromatic rings. The van der Waals surface area contributed by atoms with Crippen molar-refractivity contribution in [3.8, 4) is 0 Å². The highest BCUT2D eigenvalue weighted by Crippen LogP contribution is 2.37. The molecular formula is C13H12BrF3N4. The second kappa shape index (κ2) is 6.30. The van der Waals surface area contributed by atoms with E-state index in [1.807, 2.05) is 6.92 Å². The highest BCUT2D eigenvalue weighted by Gasteiger charge is 2.33. The van der Waals surface area contributed by atoms with Gasteiger partial charge in [0.2, 0.25) is 0 Å². The van der Waals surface area contributed by atoms with Crippen molar-refractivity contribution in [2.24, 2.45) is 0 Å². The van der Waals surface area contributed by atoms with Gasteiger partial charge in [0, 0.05) is 6.54 Å². The Kier molecular flexibility index (Phi) is 4.66. The molecule has 0 saturated heterocycles. The van der Waals surface area contributed by atoms with E-state index in [0.29, 0.717) is 16.8 Å². The molecule has 4 nitrogen and oxygen atoms in total. The first-order valence-electron chi connectivity index (χ1n) is 6.11. The predicted octanol–water partition coefficient (Wildman–Crippen LogP) is 4.43. The zero-order valence-electron chi connectivity index (χ0n) is 11.0. The van der Waals surface area contributed by atoms with Crippen molar-refractivity contribution in [3.63, 3.8) is 0 Å². The van der Waals surface area contributed by atoms with Crippen LogP contribution >= 0.6 is 15.9 Å². The van der Waals surface area contributed by atoms with Crippen LogP contribution in [0.3, 0.4) is 0 Å². The highest BCUT2D eigenvalue weighted by molar-refractivity contribution is 9.10. The van der Waals surface area contributed by atoms with Gasteiger partial charge in [0.1, 0.15) is 22.4 Å². The summed E-state index contributed by atoms with van der Waals surface area (Å²) in [5, 5.41) is 5.67. The maximum absolute atomic E-state index is 13.0. The number of anilines is 3. The summed E-state index contributed by atoms with van der Waals surface area (Å²) in [5.41, 5.74) is -0.813. The molecule has 8 heteroatoms. The summed E-state index contributed by atoms with van der Waals surface area (Å²) in [6, 6.07) is 5.23. The third-order valence-corrected chi connectivity index (χ3v) is 3.37. The van der Waals surface area contributed by atoms with Gasteiger partial charge in [-0.15, -0.1) is 0 Å². The fourth-order valence-electron chi connectivity index (χ4n) is 1.71. The molecule has 21 heavy (non-hydrogen) atoms. The minimum atomic E-state index is -4.44. The van der Waals surface area contributed by atoms with Crippen molar-refractivity contribution in [2.75, 3.05) is 17.2 Å². The smallest absolute Gasteiger partial charge is 0.369 e. The van der Waals surface area contributed by atoms with Gasteiger partial charge in [-0.25, -0.2) is 9.97 Å². The first kappa shape index (κ1) is 15.6. The average Bonchev–Trinajstić information content (AvgIpc) is 2.43. The van der Waals surface area contributed by atoms with Crippen molar-refractivity contribution in [2.45, 2.75) is 13.1 Å². The zero-order valence-corrected chi connectivity index (χ0v) is 12.6. The molecule has 0 aliphatic rings. The Balaban J connectivity index is 2.38. The van der Waals surface area contributed by atoms with Crippen LogP contribution in [0.15, 0.2) is 35.1 Å². The minimum Gasteiger partial charge on any atom is -0.369 e. The number of hydrogen-bond donors (Lipinski definition) is 2. The van der Waals surface area contributed by atoms with Crippen LogP contribution < -0.4 is 10.6 Å². The predicted molar refractivity (Wildman–Crippen MR) is 78.6 cm³/mol. The number of alkyl halides is 3. The SMILES string of the molecule is CCNc1ncnc(Nc2ccccc2C(F)(F)F)c1Br. The van der Waals surface area contributed by atoms with Crippen LogP contribution in [0, 0.1) is 0 Å². The number of aromatic nitrogens is 2. The minimum absolute atomic E-state index is 0.0631. The molecule has 0 atom stereocenters. The Morgan fingerprint density at radius 1 is 1.14 bits per heavy atom. The van der Waals surface area contributed by atoms with E-state index in [1.165, 1.54) is 24.5 Å². The molecule has 2 N–H and O–H groups in total. The van der Waals surface area contributed by atoms with Gasteiger partial charge in [-0.2, -0.15) is 13.2 Å². The quantitative estimate of drug-likeness (QED) is 0.846. The van der Waals surface area contributed by atoms with Crippen LogP contribution in [0.1, 0.15) is 12.5 Å². The van der Waals surface area contributed by atoms with Crippen LogP contribution in [0.5, 0.6) is 0 Å². The van der Waals surface area contributed by atoms with Gasteiger partial charge in [-0.3, -0.25) is 0 Å². The molecule has 1 aromatic carbocycles. The van der Waals surface area contributed by atoms with Crippen LogP contribution in [0.4, 0.5) is 30.5 Å². The molecule has 112 valence electrons. The summed E-state index contributed by atoms with van der Waals surface area (Å²) in [5.74, 6) is 0.775. The van der Waals surface area contributed by atoms with Gasteiger partial charge in [-0.05, 0) is 35.0 Å². The molecule has 1 heterocycles. The first-order valence-corrected chi connectivity index (χ1v) is 6.90. The zero-order chi connectivity index (χ0) is 15.5.